The van der Waals surface area contributed by atoms with Crippen LogP contribution in [0.3, 0.4) is 0 Å². The third-order valence-corrected chi connectivity index (χ3v) is 5.16. The first-order chi connectivity index (χ1) is 13.1. The summed E-state index contributed by atoms with van der Waals surface area (Å²) < 4.78 is 19.9. The van der Waals surface area contributed by atoms with Crippen LogP contribution in [-0.2, 0) is 0 Å². The third-order valence-electron chi connectivity index (χ3n) is 4.92. The molecule has 0 unspecified atom stereocenters. The molecule has 2 heterocycles. The quantitative estimate of drug-likeness (QED) is 0.664. The van der Waals surface area contributed by atoms with Gasteiger partial charge in [-0.15, -0.1) is 10.2 Å². The molecule has 4 rings (SSSR count). The summed E-state index contributed by atoms with van der Waals surface area (Å²) in [5.74, 6) is 0.857. The van der Waals surface area contributed by atoms with Gasteiger partial charge < -0.3 is 9.32 Å². The molecule has 1 atom stereocenters. The van der Waals surface area contributed by atoms with Crippen LogP contribution in [0.2, 0.25) is 5.02 Å². The fourth-order valence-electron chi connectivity index (χ4n) is 3.36. The van der Waals surface area contributed by atoms with Crippen molar-refractivity contribution in [1.82, 2.24) is 15.1 Å². The number of hydrogen-bond acceptors (Lipinski definition) is 5. The van der Waals surface area contributed by atoms with Crippen LogP contribution in [0.1, 0.15) is 18.9 Å². The number of piperazine rings is 1. The normalized spacial score (nSPS) is 16.5. The maximum Gasteiger partial charge on any atom is 0.247 e. The number of anilines is 1. The highest BCUT2D eigenvalue weighted by Crippen LogP contribution is 2.27. The van der Waals surface area contributed by atoms with E-state index in [1.54, 1.807) is 18.2 Å². The van der Waals surface area contributed by atoms with E-state index < -0.39 is 0 Å². The lowest BCUT2D eigenvalue weighted by molar-refractivity contribution is 0.173. The van der Waals surface area contributed by atoms with Gasteiger partial charge in [0.25, 0.3) is 0 Å². The Labute approximate surface area is 162 Å². The Bertz CT molecular complexity index is 924. The van der Waals surface area contributed by atoms with Gasteiger partial charge in [0, 0.05) is 36.8 Å². The van der Waals surface area contributed by atoms with Crippen molar-refractivity contribution in [3.05, 3.63) is 65.3 Å². The van der Waals surface area contributed by atoms with Crippen LogP contribution in [-0.4, -0.2) is 41.3 Å². The van der Waals surface area contributed by atoms with Gasteiger partial charge in [0.15, 0.2) is 0 Å². The Morgan fingerprint density at radius 3 is 2.56 bits per heavy atom. The molecule has 7 heteroatoms. The van der Waals surface area contributed by atoms with Gasteiger partial charge in [-0.25, -0.2) is 4.39 Å². The zero-order valence-electron chi connectivity index (χ0n) is 15.0. The second-order valence-electron chi connectivity index (χ2n) is 6.61. The number of halogens is 2. The van der Waals surface area contributed by atoms with E-state index in [1.807, 2.05) is 31.2 Å². The number of nitrogens with zero attached hydrogens (tertiary/aromatic N) is 4. The van der Waals surface area contributed by atoms with Gasteiger partial charge in [0.1, 0.15) is 5.82 Å². The molecule has 3 aromatic rings. The molecule has 1 saturated heterocycles. The molecule has 27 heavy (non-hydrogen) atoms. The summed E-state index contributed by atoms with van der Waals surface area (Å²) in [6.07, 6.45) is 0. The Morgan fingerprint density at radius 1 is 1.04 bits per heavy atom. The minimum absolute atomic E-state index is 0.00629. The summed E-state index contributed by atoms with van der Waals surface area (Å²) in [5.41, 5.74) is 1.46. The number of para-hydroxylation sites is 1. The standard InChI is InChI=1S/C20H20ClFN4O/c1-14(19-23-24-20(27-19)15-5-4-6-16(21)13-15)25-9-11-26(12-10-25)18-8-3-2-7-17(18)22/h2-8,13-14H,9-12H2,1H3/t14-/m1/s1. The van der Waals surface area contributed by atoms with E-state index >= 15 is 0 Å². The van der Waals surface area contributed by atoms with Crippen molar-refractivity contribution in [1.29, 1.82) is 0 Å². The molecule has 1 aliphatic heterocycles. The highest BCUT2D eigenvalue weighted by molar-refractivity contribution is 6.30. The zero-order valence-corrected chi connectivity index (χ0v) is 15.7. The minimum atomic E-state index is -0.179. The Balaban J connectivity index is 1.43. The molecule has 1 aromatic heterocycles. The maximum atomic E-state index is 14.0. The van der Waals surface area contributed by atoms with E-state index in [1.165, 1.54) is 6.07 Å². The first-order valence-electron chi connectivity index (χ1n) is 8.94. The van der Waals surface area contributed by atoms with E-state index in [4.69, 9.17) is 16.0 Å². The van der Waals surface area contributed by atoms with Crippen molar-refractivity contribution in [2.24, 2.45) is 0 Å². The maximum absolute atomic E-state index is 14.0. The Morgan fingerprint density at radius 2 is 1.81 bits per heavy atom. The predicted molar refractivity (Wildman–Crippen MR) is 103 cm³/mol. The second-order valence-corrected chi connectivity index (χ2v) is 7.04. The molecule has 5 nitrogen and oxygen atoms in total. The number of benzene rings is 2. The van der Waals surface area contributed by atoms with E-state index in [0.717, 1.165) is 31.7 Å². The van der Waals surface area contributed by atoms with Crippen LogP contribution in [0.15, 0.2) is 52.9 Å². The van der Waals surface area contributed by atoms with Crippen molar-refractivity contribution in [3.63, 3.8) is 0 Å². The average molecular weight is 387 g/mol. The summed E-state index contributed by atoms with van der Waals surface area (Å²) >= 11 is 6.03. The molecular weight excluding hydrogens is 367 g/mol. The van der Waals surface area contributed by atoms with Crippen LogP contribution in [0, 0.1) is 5.82 Å². The first-order valence-corrected chi connectivity index (χ1v) is 9.32. The van der Waals surface area contributed by atoms with Crippen LogP contribution < -0.4 is 4.90 Å². The van der Waals surface area contributed by atoms with E-state index in [9.17, 15) is 4.39 Å². The molecular formula is C20H20ClFN4O. The average Bonchev–Trinajstić information content (AvgIpc) is 3.18. The Kier molecular flexibility index (Phi) is 5.09. The number of hydrogen-bond donors (Lipinski definition) is 0. The summed E-state index contributed by atoms with van der Waals surface area (Å²) in [6.45, 7) is 5.14. The van der Waals surface area contributed by atoms with Crippen LogP contribution in [0.4, 0.5) is 10.1 Å². The van der Waals surface area contributed by atoms with Crippen molar-refractivity contribution in [2.75, 3.05) is 31.1 Å². The minimum Gasteiger partial charge on any atom is -0.419 e. The topological polar surface area (TPSA) is 45.4 Å². The number of rotatable bonds is 4. The SMILES string of the molecule is C[C@H](c1nnc(-c2cccc(Cl)c2)o1)N1CCN(c2ccccc2F)CC1. The molecule has 0 amide bonds. The van der Waals surface area contributed by atoms with Gasteiger partial charge in [-0.05, 0) is 37.3 Å². The van der Waals surface area contributed by atoms with Crippen LogP contribution in [0.25, 0.3) is 11.5 Å². The van der Waals surface area contributed by atoms with Gasteiger partial charge in [-0.1, -0.05) is 29.8 Å². The van der Waals surface area contributed by atoms with E-state index in [2.05, 4.69) is 20.0 Å². The molecule has 0 bridgehead atoms. The fourth-order valence-corrected chi connectivity index (χ4v) is 3.55. The first kappa shape index (κ1) is 17.9. The summed E-state index contributed by atoms with van der Waals surface area (Å²) in [5, 5.41) is 9.00. The highest BCUT2D eigenvalue weighted by Gasteiger charge is 2.26. The van der Waals surface area contributed by atoms with Crippen LogP contribution in [0.5, 0.6) is 0 Å². The second kappa shape index (κ2) is 7.66. The monoisotopic (exact) mass is 386 g/mol. The smallest absolute Gasteiger partial charge is 0.247 e. The van der Waals surface area contributed by atoms with Crippen molar-refractivity contribution in [3.8, 4) is 11.5 Å². The third kappa shape index (κ3) is 3.82. The van der Waals surface area contributed by atoms with Crippen LogP contribution >= 0.6 is 11.6 Å². The molecule has 2 aromatic carbocycles. The van der Waals surface area contributed by atoms with Gasteiger partial charge in [0.2, 0.25) is 11.8 Å². The Hall–Kier alpha value is -2.44. The lowest BCUT2D eigenvalue weighted by Crippen LogP contribution is -2.47. The molecule has 140 valence electrons. The van der Waals surface area contributed by atoms with E-state index in [-0.39, 0.29) is 11.9 Å². The summed E-state index contributed by atoms with van der Waals surface area (Å²) in [6, 6.07) is 14.2. The van der Waals surface area contributed by atoms with E-state index in [0.29, 0.717) is 22.5 Å². The molecule has 0 saturated carbocycles. The zero-order chi connectivity index (χ0) is 18.8. The van der Waals surface area contributed by atoms with Crippen molar-refractivity contribution >= 4 is 17.3 Å². The van der Waals surface area contributed by atoms with Gasteiger partial charge in [-0.3, -0.25) is 4.90 Å². The molecule has 0 radical (unpaired) electrons. The molecule has 1 aliphatic rings. The lowest BCUT2D eigenvalue weighted by Gasteiger charge is -2.38. The summed E-state index contributed by atoms with van der Waals surface area (Å²) in [4.78, 5) is 4.34. The largest absolute Gasteiger partial charge is 0.419 e. The fraction of sp³-hybridized carbons (Fsp3) is 0.300. The summed E-state index contributed by atoms with van der Waals surface area (Å²) in [7, 11) is 0. The van der Waals surface area contributed by atoms with Crippen molar-refractivity contribution < 1.29 is 8.81 Å². The van der Waals surface area contributed by atoms with Gasteiger partial charge >= 0.3 is 0 Å². The number of aromatic nitrogens is 2. The molecule has 0 aliphatic carbocycles. The van der Waals surface area contributed by atoms with Crippen molar-refractivity contribution in [2.45, 2.75) is 13.0 Å². The molecule has 1 fully saturated rings. The molecule has 0 spiro atoms. The molecule has 0 N–H and O–H groups in total. The van der Waals surface area contributed by atoms with Gasteiger partial charge in [-0.2, -0.15) is 0 Å². The van der Waals surface area contributed by atoms with Gasteiger partial charge in [0.05, 0.1) is 11.7 Å². The highest BCUT2D eigenvalue weighted by atomic mass is 35.5. The predicted octanol–water partition coefficient (Wildman–Crippen LogP) is 4.41. The lowest BCUT2D eigenvalue weighted by atomic mass is 10.2.